The van der Waals surface area contributed by atoms with Crippen LogP contribution in [0, 0.1) is 0 Å². The van der Waals surface area contributed by atoms with Crippen LogP contribution in [0.5, 0.6) is 0 Å². The monoisotopic (exact) mass is 174 g/mol. The molecule has 2 N–H and O–H groups in total. The van der Waals surface area contributed by atoms with Crippen LogP contribution < -0.4 is 10.6 Å². The van der Waals surface area contributed by atoms with Crippen LogP contribution in [0.3, 0.4) is 0 Å². The smallest absolute Gasteiger partial charge is 0.0192 e. The Morgan fingerprint density at radius 1 is 0.833 bits per heavy atom. The van der Waals surface area contributed by atoms with E-state index in [0.29, 0.717) is 18.1 Å². The van der Waals surface area contributed by atoms with Crippen LogP contribution in [0.2, 0.25) is 0 Å². The van der Waals surface area contributed by atoms with E-state index in [0.717, 1.165) is 0 Å². The average molecular weight is 174 g/mol. The first-order chi connectivity index (χ1) is 5.57. The summed E-state index contributed by atoms with van der Waals surface area (Å²) in [6.07, 6.45) is 0. The van der Waals surface area contributed by atoms with Gasteiger partial charge in [-0.2, -0.15) is 0 Å². The van der Waals surface area contributed by atoms with Crippen molar-refractivity contribution in [2.45, 2.75) is 59.7 Å². The van der Waals surface area contributed by atoms with Crippen LogP contribution >= 0.6 is 0 Å². The highest BCUT2D eigenvalue weighted by atomic mass is 15.0. The third kappa shape index (κ3) is 8.02. The van der Waals surface area contributed by atoms with Gasteiger partial charge in [-0.3, -0.25) is 0 Å². The normalized spacial score (nSPS) is 15.0. The zero-order chi connectivity index (χ0) is 10.1. The lowest BCUT2D eigenvalue weighted by Gasteiger charge is -2.22. The minimum Gasteiger partial charge on any atom is -0.316 e. The van der Waals surface area contributed by atoms with E-state index in [1.54, 1.807) is 0 Å². The van der Waals surface area contributed by atoms with E-state index < -0.39 is 0 Å². The highest BCUT2D eigenvalue weighted by molar-refractivity contribution is 4.73. The third-order valence-corrected chi connectivity index (χ3v) is 1.80. The third-order valence-electron chi connectivity index (χ3n) is 1.80. The van der Waals surface area contributed by atoms with Crippen molar-refractivity contribution in [2.24, 2.45) is 0 Å². The zero-order valence-corrected chi connectivity index (χ0v) is 9.73. The molecule has 2 atom stereocenters. The molecule has 0 aromatic rings. The second-order valence-corrected chi connectivity index (χ2v) is 3.19. The van der Waals surface area contributed by atoms with Crippen molar-refractivity contribution in [3.05, 3.63) is 0 Å². The van der Waals surface area contributed by atoms with Crippen molar-refractivity contribution in [2.75, 3.05) is 7.05 Å². The summed E-state index contributed by atoms with van der Waals surface area (Å²) < 4.78 is 0. The molecular formula is C10H26N2. The maximum Gasteiger partial charge on any atom is 0.0192 e. The Hall–Kier alpha value is -0.0800. The maximum atomic E-state index is 3.43. The summed E-state index contributed by atoms with van der Waals surface area (Å²) in [6.45, 7) is 12.7. The topological polar surface area (TPSA) is 24.1 Å². The summed E-state index contributed by atoms with van der Waals surface area (Å²) >= 11 is 0. The highest BCUT2D eigenvalue weighted by Gasteiger charge is 2.09. The van der Waals surface area contributed by atoms with E-state index in [9.17, 15) is 0 Å². The van der Waals surface area contributed by atoms with Gasteiger partial charge >= 0.3 is 0 Å². The van der Waals surface area contributed by atoms with Crippen LogP contribution in [0.1, 0.15) is 41.5 Å². The molecule has 2 unspecified atom stereocenters. The Balaban J connectivity index is 0. The molecule has 0 spiro atoms. The van der Waals surface area contributed by atoms with Gasteiger partial charge in [0.05, 0.1) is 0 Å². The molecule has 2 heteroatoms. The standard InChI is InChI=1S/C8H20N2.C2H6/c1-6(2)10-8(4)7(3)9-5;1-2/h6-10H,1-5H3;1-2H3. The van der Waals surface area contributed by atoms with Crippen molar-refractivity contribution in [1.29, 1.82) is 0 Å². The van der Waals surface area contributed by atoms with Crippen LogP contribution in [-0.2, 0) is 0 Å². The van der Waals surface area contributed by atoms with Gasteiger partial charge < -0.3 is 10.6 Å². The van der Waals surface area contributed by atoms with Gasteiger partial charge in [-0.15, -0.1) is 0 Å². The van der Waals surface area contributed by atoms with Crippen molar-refractivity contribution in [1.82, 2.24) is 10.6 Å². The quantitative estimate of drug-likeness (QED) is 0.681. The van der Waals surface area contributed by atoms with Crippen molar-refractivity contribution < 1.29 is 0 Å². The molecule has 76 valence electrons. The Morgan fingerprint density at radius 3 is 1.50 bits per heavy atom. The first-order valence-corrected chi connectivity index (χ1v) is 5.01. The Labute approximate surface area is 78.1 Å². The molecule has 2 nitrogen and oxygen atoms in total. The van der Waals surface area contributed by atoms with Crippen LogP contribution in [0.4, 0.5) is 0 Å². The van der Waals surface area contributed by atoms with Crippen molar-refractivity contribution in [3.63, 3.8) is 0 Å². The SMILES string of the molecule is CC.CNC(C)C(C)NC(C)C. The lowest BCUT2D eigenvalue weighted by Crippen LogP contribution is -2.45. The lowest BCUT2D eigenvalue weighted by molar-refractivity contribution is 0.402. The fraction of sp³-hybridized carbons (Fsp3) is 1.00. The molecular weight excluding hydrogens is 148 g/mol. The molecule has 0 bridgehead atoms. The summed E-state index contributed by atoms with van der Waals surface area (Å²) in [6, 6.07) is 1.66. The Bertz CT molecular complexity index is 81.9. The minimum absolute atomic E-state index is 0.544. The summed E-state index contributed by atoms with van der Waals surface area (Å²) in [4.78, 5) is 0. The molecule has 12 heavy (non-hydrogen) atoms. The molecule has 0 aromatic carbocycles. The van der Waals surface area contributed by atoms with Gasteiger partial charge in [-0.05, 0) is 20.9 Å². The summed E-state index contributed by atoms with van der Waals surface area (Å²) in [5.41, 5.74) is 0. The summed E-state index contributed by atoms with van der Waals surface area (Å²) in [5.74, 6) is 0. The molecule has 0 saturated carbocycles. The van der Waals surface area contributed by atoms with Crippen LogP contribution in [0.15, 0.2) is 0 Å². The molecule has 0 rings (SSSR count). The fourth-order valence-corrected chi connectivity index (χ4v) is 0.920. The van der Waals surface area contributed by atoms with Gasteiger partial charge in [0.15, 0.2) is 0 Å². The van der Waals surface area contributed by atoms with E-state index in [2.05, 4.69) is 38.3 Å². The number of rotatable bonds is 4. The molecule has 0 saturated heterocycles. The molecule has 0 fully saturated rings. The van der Waals surface area contributed by atoms with E-state index in [1.165, 1.54) is 0 Å². The number of hydrogen-bond donors (Lipinski definition) is 2. The van der Waals surface area contributed by atoms with Crippen LogP contribution in [-0.4, -0.2) is 25.2 Å². The van der Waals surface area contributed by atoms with Crippen LogP contribution in [0.25, 0.3) is 0 Å². The summed E-state index contributed by atoms with van der Waals surface area (Å²) in [7, 11) is 1.99. The summed E-state index contributed by atoms with van der Waals surface area (Å²) in [5, 5.41) is 6.64. The van der Waals surface area contributed by atoms with Gasteiger partial charge in [0.1, 0.15) is 0 Å². The fourth-order valence-electron chi connectivity index (χ4n) is 0.920. The highest BCUT2D eigenvalue weighted by Crippen LogP contribution is 1.92. The molecule has 0 aliphatic carbocycles. The van der Waals surface area contributed by atoms with Gasteiger partial charge in [0.25, 0.3) is 0 Å². The molecule has 0 radical (unpaired) electrons. The molecule has 0 amide bonds. The second-order valence-electron chi connectivity index (χ2n) is 3.19. The predicted molar refractivity (Wildman–Crippen MR) is 57.6 cm³/mol. The van der Waals surface area contributed by atoms with Crippen molar-refractivity contribution >= 4 is 0 Å². The Morgan fingerprint density at radius 2 is 1.25 bits per heavy atom. The zero-order valence-electron chi connectivity index (χ0n) is 9.73. The van der Waals surface area contributed by atoms with E-state index in [1.807, 2.05) is 20.9 Å². The maximum absolute atomic E-state index is 3.43. The second kappa shape index (κ2) is 9.01. The van der Waals surface area contributed by atoms with Gasteiger partial charge in [-0.25, -0.2) is 0 Å². The van der Waals surface area contributed by atoms with E-state index >= 15 is 0 Å². The first-order valence-electron chi connectivity index (χ1n) is 5.01. The van der Waals surface area contributed by atoms with E-state index in [4.69, 9.17) is 0 Å². The minimum atomic E-state index is 0.544. The molecule has 0 aliphatic heterocycles. The lowest BCUT2D eigenvalue weighted by atomic mass is 10.1. The molecule has 0 heterocycles. The number of nitrogens with one attached hydrogen (secondary N) is 2. The first kappa shape index (κ1) is 14.4. The van der Waals surface area contributed by atoms with Gasteiger partial charge in [-0.1, -0.05) is 27.7 Å². The van der Waals surface area contributed by atoms with Gasteiger partial charge in [0.2, 0.25) is 0 Å². The largest absolute Gasteiger partial charge is 0.316 e. The number of hydrogen-bond acceptors (Lipinski definition) is 2. The van der Waals surface area contributed by atoms with Crippen molar-refractivity contribution in [3.8, 4) is 0 Å². The Kier molecular flexibility index (Phi) is 10.8. The predicted octanol–water partition coefficient (Wildman–Crippen LogP) is 2.01. The average Bonchev–Trinajstić information content (AvgIpc) is 2.05. The van der Waals surface area contributed by atoms with E-state index in [-0.39, 0.29) is 0 Å². The number of likely N-dealkylation sites (N-methyl/N-ethyl adjacent to an activating group) is 1. The van der Waals surface area contributed by atoms with Gasteiger partial charge in [0, 0.05) is 18.1 Å². The molecule has 0 aromatic heterocycles. The molecule has 0 aliphatic rings.